The van der Waals surface area contributed by atoms with Crippen LogP contribution in [0.2, 0.25) is 0 Å². The smallest absolute Gasteiger partial charge is 0.217 e. The molecule has 0 spiro atoms. The molecule has 1 aliphatic heterocycles. The zero-order valence-corrected chi connectivity index (χ0v) is 11.7. The number of ether oxygens (including phenoxy) is 1. The Morgan fingerprint density at radius 1 is 1.31 bits per heavy atom. The first-order chi connectivity index (χ1) is 7.64. The van der Waals surface area contributed by atoms with Crippen molar-refractivity contribution in [2.24, 2.45) is 0 Å². The van der Waals surface area contributed by atoms with Gasteiger partial charge in [0.05, 0.1) is 18.0 Å². The Labute approximate surface area is 106 Å². The normalized spacial score (nSPS) is 29.7. The van der Waals surface area contributed by atoms with E-state index in [0.29, 0.717) is 25.0 Å². The quantitative estimate of drug-likeness (QED) is 0.739. The summed E-state index contributed by atoms with van der Waals surface area (Å²) in [6, 6.07) is 0. The summed E-state index contributed by atoms with van der Waals surface area (Å²) in [4.78, 5) is 0. The summed E-state index contributed by atoms with van der Waals surface area (Å²) >= 11 is 3.34. The summed E-state index contributed by atoms with van der Waals surface area (Å²) in [5.74, 6) is 0. The molecule has 2 aliphatic rings. The molecule has 6 heteroatoms. The zero-order valence-electron chi connectivity index (χ0n) is 9.27. The Morgan fingerprint density at radius 2 is 2.00 bits per heavy atom. The first kappa shape index (κ1) is 12.8. The van der Waals surface area contributed by atoms with Crippen molar-refractivity contribution in [3.63, 3.8) is 0 Å². The highest BCUT2D eigenvalue weighted by molar-refractivity contribution is 9.09. The molecule has 1 unspecified atom stereocenters. The number of sulfonamides is 1. The van der Waals surface area contributed by atoms with Gasteiger partial charge in [-0.15, -0.1) is 0 Å². The van der Waals surface area contributed by atoms with Gasteiger partial charge in [0.1, 0.15) is 0 Å². The van der Waals surface area contributed by atoms with Gasteiger partial charge < -0.3 is 4.74 Å². The molecular formula is C10H18BrNO3S. The monoisotopic (exact) mass is 311 g/mol. The molecule has 1 aliphatic carbocycles. The second kappa shape index (κ2) is 5.33. The lowest BCUT2D eigenvalue weighted by atomic mass is 10.3. The van der Waals surface area contributed by atoms with Crippen LogP contribution in [0.15, 0.2) is 0 Å². The Balaban J connectivity index is 2.04. The summed E-state index contributed by atoms with van der Waals surface area (Å²) in [6.45, 7) is 1.54. The predicted octanol–water partition coefficient (Wildman–Crippen LogP) is 1.35. The van der Waals surface area contributed by atoms with Crippen LogP contribution in [-0.4, -0.2) is 49.1 Å². The number of hydrogen-bond acceptors (Lipinski definition) is 3. The summed E-state index contributed by atoms with van der Waals surface area (Å²) in [7, 11) is -3.07. The Morgan fingerprint density at radius 3 is 2.62 bits per heavy atom. The molecule has 1 atom stereocenters. The number of morpholine rings is 1. The van der Waals surface area contributed by atoms with E-state index in [2.05, 4.69) is 15.9 Å². The van der Waals surface area contributed by atoms with E-state index in [9.17, 15) is 8.42 Å². The minimum Gasteiger partial charge on any atom is -0.375 e. The van der Waals surface area contributed by atoms with Crippen LogP contribution in [0, 0.1) is 0 Å². The average Bonchev–Trinajstić information content (AvgIpc) is 2.83. The highest BCUT2D eigenvalue weighted by atomic mass is 79.9. The van der Waals surface area contributed by atoms with Gasteiger partial charge in [0.2, 0.25) is 10.0 Å². The van der Waals surface area contributed by atoms with Crippen molar-refractivity contribution in [2.45, 2.75) is 37.0 Å². The van der Waals surface area contributed by atoms with Crippen LogP contribution in [0.1, 0.15) is 25.7 Å². The van der Waals surface area contributed by atoms with E-state index in [4.69, 9.17) is 4.74 Å². The van der Waals surface area contributed by atoms with Crippen molar-refractivity contribution in [1.29, 1.82) is 0 Å². The lowest BCUT2D eigenvalue weighted by molar-refractivity contribution is 0.0134. The third-order valence-corrected chi connectivity index (χ3v) is 6.44. The molecular weight excluding hydrogens is 294 g/mol. The molecule has 2 fully saturated rings. The van der Waals surface area contributed by atoms with Gasteiger partial charge in [-0.2, -0.15) is 4.31 Å². The molecule has 0 aromatic rings. The van der Waals surface area contributed by atoms with Crippen molar-refractivity contribution in [3.05, 3.63) is 0 Å². The molecule has 0 aromatic heterocycles. The molecule has 16 heavy (non-hydrogen) atoms. The predicted molar refractivity (Wildman–Crippen MR) is 66.3 cm³/mol. The Hall–Kier alpha value is 0.350. The first-order valence-corrected chi connectivity index (χ1v) is 8.43. The van der Waals surface area contributed by atoms with Crippen LogP contribution < -0.4 is 0 Å². The number of halogens is 1. The van der Waals surface area contributed by atoms with Crippen LogP contribution in [0.4, 0.5) is 0 Å². The van der Waals surface area contributed by atoms with Crippen LogP contribution >= 0.6 is 15.9 Å². The van der Waals surface area contributed by atoms with E-state index in [-0.39, 0.29) is 11.4 Å². The van der Waals surface area contributed by atoms with E-state index in [1.54, 1.807) is 4.31 Å². The second-order valence-corrected chi connectivity index (χ2v) is 7.32. The maximum Gasteiger partial charge on any atom is 0.217 e. The van der Waals surface area contributed by atoms with Gasteiger partial charge in [0.15, 0.2) is 0 Å². The highest BCUT2D eigenvalue weighted by Gasteiger charge is 2.36. The van der Waals surface area contributed by atoms with Crippen molar-refractivity contribution in [1.82, 2.24) is 4.31 Å². The number of nitrogens with zero attached hydrogens (tertiary/aromatic N) is 1. The third-order valence-electron chi connectivity index (χ3n) is 3.36. The topological polar surface area (TPSA) is 46.6 Å². The van der Waals surface area contributed by atoms with Crippen molar-refractivity contribution in [3.8, 4) is 0 Å². The number of rotatable bonds is 3. The van der Waals surface area contributed by atoms with Gasteiger partial charge in [0.25, 0.3) is 0 Å². The number of hydrogen-bond donors (Lipinski definition) is 0. The summed E-state index contributed by atoms with van der Waals surface area (Å²) < 4.78 is 31.7. The van der Waals surface area contributed by atoms with E-state index in [1.165, 1.54) is 0 Å². The van der Waals surface area contributed by atoms with Crippen LogP contribution in [-0.2, 0) is 14.8 Å². The fraction of sp³-hybridized carbons (Fsp3) is 1.00. The molecule has 2 rings (SSSR count). The lowest BCUT2D eigenvalue weighted by Gasteiger charge is -2.33. The summed E-state index contributed by atoms with van der Waals surface area (Å²) in [5.41, 5.74) is 0. The fourth-order valence-electron chi connectivity index (χ4n) is 2.41. The maximum atomic E-state index is 12.3. The van der Waals surface area contributed by atoms with Gasteiger partial charge >= 0.3 is 0 Å². The van der Waals surface area contributed by atoms with Crippen molar-refractivity contribution < 1.29 is 13.2 Å². The highest BCUT2D eigenvalue weighted by Crippen LogP contribution is 2.28. The van der Waals surface area contributed by atoms with E-state index in [0.717, 1.165) is 25.7 Å². The summed E-state index contributed by atoms with van der Waals surface area (Å²) in [5, 5.41) is 0.561. The third kappa shape index (κ3) is 2.60. The fourth-order valence-corrected chi connectivity index (χ4v) is 4.86. The molecule has 0 N–H and O–H groups in total. The zero-order chi connectivity index (χ0) is 11.6. The van der Waals surface area contributed by atoms with Gasteiger partial charge in [0, 0.05) is 18.4 Å². The standard InChI is InChI=1S/C10H18BrNO3S/c11-7-9-8-12(5-6-15-9)16(13,14)10-3-1-2-4-10/h9-10H,1-8H2. The van der Waals surface area contributed by atoms with Crippen molar-refractivity contribution >= 4 is 26.0 Å². The van der Waals surface area contributed by atoms with E-state index < -0.39 is 10.0 Å². The largest absolute Gasteiger partial charge is 0.375 e. The lowest BCUT2D eigenvalue weighted by Crippen LogP contribution is -2.48. The van der Waals surface area contributed by atoms with Gasteiger partial charge in [-0.05, 0) is 12.8 Å². The Bertz CT molecular complexity index is 327. The van der Waals surface area contributed by atoms with Crippen LogP contribution in [0.3, 0.4) is 0 Å². The molecule has 94 valence electrons. The average molecular weight is 312 g/mol. The van der Waals surface area contributed by atoms with Crippen LogP contribution in [0.5, 0.6) is 0 Å². The molecule has 1 heterocycles. The van der Waals surface area contributed by atoms with Crippen LogP contribution in [0.25, 0.3) is 0 Å². The van der Waals surface area contributed by atoms with E-state index in [1.807, 2.05) is 0 Å². The van der Waals surface area contributed by atoms with Gasteiger partial charge in [-0.3, -0.25) is 0 Å². The minimum atomic E-state index is -3.07. The molecule has 0 amide bonds. The SMILES string of the molecule is O=S(=O)(C1CCCC1)N1CCOC(CBr)C1. The van der Waals surface area contributed by atoms with E-state index >= 15 is 0 Å². The maximum absolute atomic E-state index is 12.3. The molecule has 0 radical (unpaired) electrons. The molecule has 1 saturated carbocycles. The molecule has 1 saturated heterocycles. The number of alkyl halides is 1. The summed E-state index contributed by atoms with van der Waals surface area (Å²) in [6.07, 6.45) is 3.77. The molecule has 4 nitrogen and oxygen atoms in total. The Kier molecular flexibility index (Phi) is 4.26. The van der Waals surface area contributed by atoms with Gasteiger partial charge in [-0.1, -0.05) is 28.8 Å². The van der Waals surface area contributed by atoms with Gasteiger partial charge in [-0.25, -0.2) is 8.42 Å². The molecule has 0 aromatic carbocycles. The second-order valence-electron chi connectivity index (χ2n) is 4.46. The van der Waals surface area contributed by atoms with Crippen molar-refractivity contribution in [2.75, 3.05) is 25.0 Å². The first-order valence-electron chi connectivity index (χ1n) is 5.81. The minimum absolute atomic E-state index is 0.00456. The molecule has 0 bridgehead atoms.